The molecule has 7 aromatic carbocycles. The molecule has 10 aromatic rings. The lowest BCUT2D eigenvalue weighted by Gasteiger charge is -2.19. The summed E-state index contributed by atoms with van der Waals surface area (Å²) in [7, 11) is 0. The fourth-order valence-corrected chi connectivity index (χ4v) is 8.37. The molecule has 0 atom stereocenters. The van der Waals surface area contributed by atoms with E-state index >= 15 is 0 Å². The van der Waals surface area contributed by atoms with Gasteiger partial charge >= 0.3 is 0 Å². The van der Waals surface area contributed by atoms with Crippen LogP contribution in [-0.4, -0.2) is 24.1 Å². The van der Waals surface area contributed by atoms with Crippen molar-refractivity contribution in [1.82, 2.24) is 24.1 Å². The highest BCUT2D eigenvalue weighted by Crippen LogP contribution is 2.43. The Morgan fingerprint density at radius 3 is 1.34 bits per heavy atom. The van der Waals surface area contributed by atoms with Crippen LogP contribution in [-0.2, 0) is 10.8 Å². The van der Waals surface area contributed by atoms with Gasteiger partial charge in [0.05, 0.1) is 27.8 Å². The summed E-state index contributed by atoms with van der Waals surface area (Å²) < 4.78 is 4.81. The first kappa shape index (κ1) is 35.6. The van der Waals surface area contributed by atoms with Crippen molar-refractivity contribution in [2.45, 2.75) is 52.4 Å². The van der Waals surface area contributed by atoms with Crippen LogP contribution in [0.4, 0.5) is 0 Å². The van der Waals surface area contributed by atoms with Crippen molar-refractivity contribution >= 4 is 43.6 Å². The fraction of sp³-hybridized carbons (Fsp3) is 0.151. The van der Waals surface area contributed by atoms with Gasteiger partial charge in [-0.15, -0.1) is 0 Å². The third-order valence-corrected chi connectivity index (χ3v) is 11.5. The number of hydrogen-bond acceptors (Lipinski definition) is 3. The number of hydrogen-bond donors (Lipinski definition) is 0. The molecule has 0 aliphatic carbocycles. The normalized spacial score (nSPS) is 12.3. The van der Waals surface area contributed by atoms with Crippen LogP contribution in [0.2, 0.25) is 0 Å². The number of fused-ring (bicyclic) bond motifs is 6. The standard InChI is InChI=1S/C53H45N5/c1-52(2,3)36-26-28-45-40(30-36)41-31-37(53(4,5)6)27-29-46(41)58(45)48-32-42-39-24-16-17-25-44(39)57(38-22-14-9-15-23-38)47(42)33-43(48)51-55-49(34-18-10-7-11-19-34)54-50(56-51)35-20-12-8-13-21-35/h7-33H,1-6H3. The number of benzene rings is 7. The molecule has 0 bridgehead atoms. The molecule has 10 rings (SSSR count). The van der Waals surface area contributed by atoms with Gasteiger partial charge in [-0.25, -0.2) is 15.0 Å². The van der Waals surface area contributed by atoms with E-state index in [9.17, 15) is 0 Å². The van der Waals surface area contributed by atoms with E-state index in [-0.39, 0.29) is 10.8 Å². The lowest BCUT2D eigenvalue weighted by molar-refractivity contribution is 0.590. The van der Waals surface area contributed by atoms with Crippen LogP contribution in [0.5, 0.6) is 0 Å². The minimum atomic E-state index is -0.0137. The number of rotatable bonds is 5. The first-order valence-corrected chi connectivity index (χ1v) is 20.1. The van der Waals surface area contributed by atoms with Crippen LogP contribution in [0, 0.1) is 0 Å². The summed E-state index contributed by atoms with van der Waals surface area (Å²) in [6.45, 7) is 13.7. The van der Waals surface area contributed by atoms with Gasteiger partial charge in [0.1, 0.15) is 0 Å². The molecule has 0 aliphatic heterocycles. The van der Waals surface area contributed by atoms with Crippen LogP contribution in [0.3, 0.4) is 0 Å². The molecule has 3 aromatic heterocycles. The molecule has 0 saturated carbocycles. The van der Waals surface area contributed by atoms with E-state index in [1.807, 2.05) is 36.4 Å². The molecule has 3 heterocycles. The van der Waals surface area contributed by atoms with Crippen molar-refractivity contribution < 1.29 is 0 Å². The van der Waals surface area contributed by atoms with Crippen LogP contribution in [0.25, 0.3) is 89.2 Å². The van der Waals surface area contributed by atoms with Crippen LogP contribution >= 0.6 is 0 Å². The SMILES string of the molecule is CC(C)(C)c1ccc2c(c1)c1cc(C(C)(C)C)ccc1n2-c1cc2c3ccccc3n(-c3ccccc3)c2cc1-c1nc(-c2ccccc2)nc(-c2ccccc2)n1. The molecule has 0 N–H and O–H groups in total. The lowest BCUT2D eigenvalue weighted by Crippen LogP contribution is -2.10. The number of nitrogens with zero attached hydrogens (tertiary/aromatic N) is 5. The largest absolute Gasteiger partial charge is 0.309 e. The molecule has 282 valence electrons. The van der Waals surface area contributed by atoms with Gasteiger partial charge in [-0.3, -0.25) is 0 Å². The van der Waals surface area contributed by atoms with E-state index in [1.54, 1.807) is 0 Å². The summed E-state index contributed by atoms with van der Waals surface area (Å²) in [6.07, 6.45) is 0. The average Bonchev–Trinajstić information content (AvgIpc) is 3.75. The molecule has 58 heavy (non-hydrogen) atoms. The summed E-state index contributed by atoms with van der Waals surface area (Å²) in [6, 6.07) is 58.5. The van der Waals surface area contributed by atoms with Gasteiger partial charge in [-0.05, 0) is 76.6 Å². The fourth-order valence-electron chi connectivity index (χ4n) is 8.37. The van der Waals surface area contributed by atoms with E-state index in [1.165, 1.54) is 27.3 Å². The monoisotopic (exact) mass is 751 g/mol. The molecule has 0 spiro atoms. The third-order valence-electron chi connectivity index (χ3n) is 11.5. The Morgan fingerprint density at radius 1 is 0.362 bits per heavy atom. The topological polar surface area (TPSA) is 48.5 Å². The minimum absolute atomic E-state index is 0.0137. The van der Waals surface area contributed by atoms with Crippen LogP contribution in [0.15, 0.2) is 164 Å². The van der Waals surface area contributed by atoms with Crippen LogP contribution in [0.1, 0.15) is 52.7 Å². The number of para-hydroxylation sites is 2. The quantitative estimate of drug-likeness (QED) is 0.176. The molecule has 0 unspecified atom stereocenters. The van der Waals surface area contributed by atoms with E-state index in [2.05, 4.69) is 178 Å². The first-order valence-electron chi connectivity index (χ1n) is 20.1. The molecular formula is C53H45N5. The first-order chi connectivity index (χ1) is 28.0. The van der Waals surface area contributed by atoms with E-state index in [0.29, 0.717) is 17.5 Å². The lowest BCUT2D eigenvalue weighted by atomic mass is 9.85. The molecule has 0 fully saturated rings. The Balaban J connectivity index is 1.38. The van der Waals surface area contributed by atoms with E-state index in [0.717, 1.165) is 55.5 Å². The van der Waals surface area contributed by atoms with Gasteiger partial charge in [0.25, 0.3) is 0 Å². The van der Waals surface area contributed by atoms with Gasteiger partial charge < -0.3 is 9.13 Å². The Hall–Kier alpha value is -6.85. The van der Waals surface area contributed by atoms with Gasteiger partial charge in [0.15, 0.2) is 17.5 Å². The zero-order valence-electron chi connectivity index (χ0n) is 33.8. The molecular weight excluding hydrogens is 707 g/mol. The highest BCUT2D eigenvalue weighted by molar-refractivity contribution is 6.14. The summed E-state index contributed by atoms with van der Waals surface area (Å²) in [5.41, 5.74) is 12.0. The maximum Gasteiger partial charge on any atom is 0.166 e. The minimum Gasteiger partial charge on any atom is -0.309 e. The van der Waals surface area contributed by atoms with Crippen molar-refractivity contribution in [2.24, 2.45) is 0 Å². The van der Waals surface area contributed by atoms with Gasteiger partial charge in [-0.2, -0.15) is 0 Å². The van der Waals surface area contributed by atoms with Crippen LogP contribution < -0.4 is 0 Å². The molecule has 0 aliphatic rings. The zero-order valence-corrected chi connectivity index (χ0v) is 33.8. The Bertz CT molecular complexity index is 3030. The second-order valence-corrected chi connectivity index (χ2v) is 17.4. The van der Waals surface area contributed by atoms with Gasteiger partial charge in [0.2, 0.25) is 0 Å². The van der Waals surface area contributed by atoms with Crippen molar-refractivity contribution in [1.29, 1.82) is 0 Å². The Labute approximate surface area is 339 Å². The second kappa shape index (κ2) is 13.4. The smallest absolute Gasteiger partial charge is 0.166 e. The Morgan fingerprint density at radius 2 is 0.810 bits per heavy atom. The van der Waals surface area contributed by atoms with Gasteiger partial charge in [0, 0.05) is 43.9 Å². The predicted molar refractivity (Wildman–Crippen MR) is 242 cm³/mol. The molecule has 5 heteroatoms. The zero-order chi connectivity index (χ0) is 39.8. The summed E-state index contributed by atoms with van der Waals surface area (Å²) >= 11 is 0. The van der Waals surface area contributed by atoms with E-state index < -0.39 is 0 Å². The van der Waals surface area contributed by atoms with Crippen molar-refractivity contribution in [3.8, 4) is 45.5 Å². The van der Waals surface area contributed by atoms with E-state index in [4.69, 9.17) is 15.0 Å². The highest BCUT2D eigenvalue weighted by atomic mass is 15.1. The van der Waals surface area contributed by atoms with Crippen molar-refractivity contribution in [2.75, 3.05) is 0 Å². The molecule has 5 nitrogen and oxygen atoms in total. The third kappa shape index (κ3) is 5.97. The van der Waals surface area contributed by atoms with Crippen molar-refractivity contribution in [3.63, 3.8) is 0 Å². The molecule has 0 radical (unpaired) electrons. The summed E-state index contributed by atoms with van der Waals surface area (Å²) in [4.78, 5) is 15.8. The maximum atomic E-state index is 5.34. The van der Waals surface area contributed by atoms with Gasteiger partial charge in [-0.1, -0.05) is 151 Å². The summed E-state index contributed by atoms with van der Waals surface area (Å²) in [5.74, 6) is 1.87. The molecule has 0 amide bonds. The highest BCUT2D eigenvalue weighted by Gasteiger charge is 2.25. The average molecular weight is 752 g/mol. The van der Waals surface area contributed by atoms with Crippen molar-refractivity contribution in [3.05, 3.63) is 175 Å². The molecule has 0 saturated heterocycles. The number of aromatic nitrogens is 5. The summed E-state index contributed by atoms with van der Waals surface area (Å²) in [5, 5.41) is 4.81. The Kier molecular flexibility index (Phi) is 8.20. The second-order valence-electron chi connectivity index (χ2n) is 17.4. The maximum absolute atomic E-state index is 5.34. The predicted octanol–water partition coefficient (Wildman–Crippen LogP) is 13.7.